The smallest absolute Gasteiger partial charge is 0.278 e. The van der Waals surface area contributed by atoms with Crippen LogP contribution in [0, 0.1) is 0 Å². The number of nitrogens with one attached hydrogen (secondary N) is 1. The maximum atomic E-state index is 12.9. The predicted molar refractivity (Wildman–Crippen MR) is 116 cm³/mol. The van der Waals surface area contributed by atoms with Crippen molar-refractivity contribution in [3.8, 4) is 0 Å². The van der Waals surface area contributed by atoms with Crippen molar-refractivity contribution in [2.24, 2.45) is 0 Å². The van der Waals surface area contributed by atoms with Gasteiger partial charge in [-0.3, -0.25) is 14.5 Å². The largest absolute Gasteiger partial charge is 0.372 e. The molecule has 5 heteroatoms. The Kier molecular flexibility index (Phi) is 5.47. The first-order valence-electron chi connectivity index (χ1n) is 10.1. The number of piperidine rings is 1. The van der Waals surface area contributed by atoms with Crippen molar-refractivity contribution < 1.29 is 9.59 Å². The number of benzene rings is 2. The van der Waals surface area contributed by atoms with Crippen LogP contribution in [0.15, 0.2) is 72.9 Å². The third-order valence-corrected chi connectivity index (χ3v) is 5.40. The summed E-state index contributed by atoms with van der Waals surface area (Å²) in [5.74, 6) is -0.623. The Morgan fingerprint density at radius 2 is 1.59 bits per heavy atom. The van der Waals surface area contributed by atoms with E-state index in [2.05, 4.69) is 28.9 Å². The molecule has 0 aromatic heterocycles. The highest BCUT2D eigenvalue weighted by Crippen LogP contribution is 2.31. The summed E-state index contributed by atoms with van der Waals surface area (Å²) >= 11 is 0. The van der Waals surface area contributed by atoms with Gasteiger partial charge in [0.2, 0.25) is 0 Å². The van der Waals surface area contributed by atoms with Crippen molar-refractivity contribution in [1.82, 2.24) is 4.90 Å². The third kappa shape index (κ3) is 3.81. The van der Waals surface area contributed by atoms with Crippen molar-refractivity contribution in [3.05, 3.63) is 78.5 Å². The van der Waals surface area contributed by atoms with Crippen molar-refractivity contribution in [1.29, 1.82) is 0 Å². The molecule has 2 aromatic carbocycles. The fraction of sp³-hybridized carbons (Fsp3) is 0.250. The molecule has 4 rings (SSSR count). The van der Waals surface area contributed by atoms with Crippen LogP contribution >= 0.6 is 0 Å². The zero-order valence-electron chi connectivity index (χ0n) is 16.4. The molecule has 0 atom stereocenters. The van der Waals surface area contributed by atoms with Crippen molar-refractivity contribution in [2.75, 3.05) is 29.9 Å². The summed E-state index contributed by atoms with van der Waals surface area (Å²) in [5, 5.41) is 3.20. The molecule has 0 saturated carbocycles. The predicted octanol–water partition coefficient (Wildman–Crippen LogP) is 4.05. The van der Waals surface area contributed by atoms with Gasteiger partial charge in [-0.1, -0.05) is 36.4 Å². The van der Waals surface area contributed by atoms with E-state index < -0.39 is 0 Å². The van der Waals surface area contributed by atoms with E-state index in [4.69, 9.17) is 0 Å². The Morgan fingerprint density at radius 3 is 2.24 bits per heavy atom. The standard InChI is InChI=1S/C24H25N3O2/c1-2-15-27-23(28)21(18-9-5-3-6-10-18)22(24(27)29)25-19-11-13-20(14-12-19)26-16-7-4-8-17-26/h2-3,5-6,9-14,25H,1,4,7-8,15-17H2. The highest BCUT2D eigenvalue weighted by atomic mass is 16.2. The zero-order valence-corrected chi connectivity index (χ0v) is 16.4. The second-order valence-electron chi connectivity index (χ2n) is 7.35. The lowest BCUT2D eigenvalue weighted by Gasteiger charge is -2.28. The minimum Gasteiger partial charge on any atom is -0.372 e. The van der Waals surface area contributed by atoms with E-state index in [1.54, 1.807) is 6.08 Å². The summed E-state index contributed by atoms with van der Waals surface area (Å²) in [6, 6.07) is 17.4. The van der Waals surface area contributed by atoms with Crippen molar-refractivity contribution >= 4 is 28.8 Å². The minimum atomic E-state index is -0.325. The van der Waals surface area contributed by atoms with Gasteiger partial charge < -0.3 is 10.2 Å². The average molecular weight is 387 g/mol. The quantitative estimate of drug-likeness (QED) is 0.600. The molecular formula is C24H25N3O2. The summed E-state index contributed by atoms with van der Waals surface area (Å²) in [6.45, 7) is 6.02. The van der Waals surface area contributed by atoms with E-state index in [0.29, 0.717) is 11.3 Å². The number of carbonyl (C=O) groups is 2. The maximum Gasteiger partial charge on any atom is 0.278 e. The van der Waals surface area contributed by atoms with E-state index in [-0.39, 0.29) is 18.4 Å². The summed E-state index contributed by atoms with van der Waals surface area (Å²) in [4.78, 5) is 29.5. The Balaban J connectivity index is 1.63. The molecule has 0 unspecified atom stereocenters. The lowest BCUT2D eigenvalue weighted by molar-refractivity contribution is -0.136. The van der Waals surface area contributed by atoms with Crippen LogP contribution in [0.1, 0.15) is 24.8 Å². The molecular weight excluding hydrogens is 362 g/mol. The first kappa shape index (κ1) is 19.0. The molecule has 2 aliphatic heterocycles. The van der Waals surface area contributed by atoms with Crippen LogP contribution in [0.4, 0.5) is 11.4 Å². The minimum absolute atomic E-state index is 0.188. The fourth-order valence-corrected chi connectivity index (χ4v) is 3.91. The Morgan fingerprint density at radius 1 is 0.897 bits per heavy atom. The normalized spacial score (nSPS) is 17.1. The van der Waals surface area contributed by atoms with E-state index >= 15 is 0 Å². The van der Waals surface area contributed by atoms with Gasteiger partial charge in [0.25, 0.3) is 11.8 Å². The number of imide groups is 1. The van der Waals surface area contributed by atoms with Gasteiger partial charge in [0.05, 0.1) is 5.57 Å². The number of rotatable bonds is 6. The molecule has 1 fully saturated rings. The van der Waals surface area contributed by atoms with Crippen LogP contribution in [0.3, 0.4) is 0 Å². The molecule has 0 aliphatic carbocycles. The molecule has 0 spiro atoms. The summed E-state index contributed by atoms with van der Waals surface area (Å²) in [5.41, 5.74) is 3.42. The van der Waals surface area contributed by atoms with E-state index in [0.717, 1.165) is 24.3 Å². The highest BCUT2D eigenvalue weighted by molar-refractivity contribution is 6.36. The van der Waals surface area contributed by atoms with Gasteiger partial charge in [0.1, 0.15) is 5.70 Å². The van der Waals surface area contributed by atoms with E-state index in [1.165, 1.54) is 29.8 Å². The molecule has 0 radical (unpaired) electrons. The summed E-state index contributed by atoms with van der Waals surface area (Å²) in [6.07, 6.45) is 5.31. The molecule has 2 aromatic rings. The van der Waals surface area contributed by atoms with Crippen LogP contribution in [-0.2, 0) is 9.59 Å². The SMILES string of the molecule is C=CCN1C(=O)C(Nc2ccc(N3CCCCC3)cc2)=C(c2ccccc2)C1=O. The number of hydrogen-bond donors (Lipinski definition) is 1. The lowest BCUT2D eigenvalue weighted by atomic mass is 10.0. The second kappa shape index (κ2) is 8.35. The van der Waals surface area contributed by atoms with Crippen LogP contribution in [0.25, 0.3) is 5.57 Å². The fourth-order valence-electron chi connectivity index (χ4n) is 3.91. The second-order valence-corrected chi connectivity index (χ2v) is 7.35. The van der Waals surface area contributed by atoms with Gasteiger partial charge in [-0.2, -0.15) is 0 Å². The van der Waals surface area contributed by atoms with E-state index in [9.17, 15) is 9.59 Å². The van der Waals surface area contributed by atoms with Crippen molar-refractivity contribution in [3.63, 3.8) is 0 Å². The Bertz CT molecular complexity index is 942. The monoisotopic (exact) mass is 387 g/mol. The van der Waals surface area contributed by atoms with Gasteiger partial charge in [-0.15, -0.1) is 6.58 Å². The van der Waals surface area contributed by atoms with E-state index in [1.807, 2.05) is 42.5 Å². The molecule has 29 heavy (non-hydrogen) atoms. The Labute approximate surface area is 171 Å². The lowest BCUT2D eigenvalue weighted by Crippen LogP contribution is -2.32. The van der Waals surface area contributed by atoms with Crippen LogP contribution in [0.2, 0.25) is 0 Å². The first-order valence-corrected chi connectivity index (χ1v) is 10.1. The molecule has 5 nitrogen and oxygen atoms in total. The van der Waals surface area contributed by atoms with Gasteiger partial charge in [-0.05, 0) is 49.1 Å². The number of hydrogen-bond acceptors (Lipinski definition) is 4. The molecule has 2 amide bonds. The van der Waals surface area contributed by atoms with Crippen LogP contribution < -0.4 is 10.2 Å². The molecule has 1 saturated heterocycles. The molecule has 2 aliphatic rings. The Hall–Kier alpha value is -3.34. The van der Waals surface area contributed by atoms with Gasteiger partial charge >= 0.3 is 0 Å². The topological polar surface area (TPSA) is 52.7 Å². The van der Waals surface area contributed by atoms with Gasteiger partial charge in [-0.25, -0.2) is 0 Å². The molecule has 148 valence electrons. The first-order chi connectivity index (χ1) is 14.2. The van der Waals surface area contributed by atoms with Gasteiger partial charge in [0, 0.05) is 31.0 Å². The number of anilines is 2. The molecule has 2 heterocycles. The van der Waals surface area contributed by atoms with Crippen molar-refractivity contribution in [2.45, 2.75) is 19.3 Å². The number of carbonyl (C=O) groups excluding carboxylic acids is 2. The van der Waals surface area contributed by atoms with Crippen LogP contribution in [0.5, 0.6) is 0 Å². The summed E-state index contributed by atoms with van der Waals surface area (Å²) in [7, 11) is 0. The average Bonchev–Trinajstić information content (AvgIpc) is 3.00. The summed E-state index contributed by atoms with van der Waals surface area (Å²) < 4.78 is 0. The number of nitrogens with zero attached hydrogens (tertiary/aromatic N) is 2. The number of amides is 2. The highest BCUT2D eigenvalue weighted by Gasteiger charge is 2.38. The molecule has 1 N–H and O–H groups in total. The molecule has 0 bridgehead atoms. The maximum absolute atomic E-state index is 12.9. The zero-order chi connectivity index (χ0) is 20.2. The van der Waals surface area contributed by atoms with Gasteiger partial charge in [0.15, 0.2) is 0 Å². The van der Waals surface area contributed by atoms with Crippen LogP contribution in [-0.4, -0.2) is 36.3 Å². The third-order valence-electron chi connectivity index (χ3n) is 5.40.